The molecule has 1 N–H and O–H groups in total. The maximum absolute atomic E-state index is 12.1. The number of carbonyl (C=O) groups excluding carboxylic acids is 1. The Hall–Kier alpha value is -2.87. The Kier molecular flexibility index (Phi) is 6.50. The first kappa shape index (κ1) is 22.3. The van der Waals surface area contributed by atoms with Crippen LogP contribution >= 0.6 is 23.2 Å². The van der Waals surface area contributed by atoms with Crippen LogP contribution in [0.4, 0.5) is 0 Å². The summed E-state index contributed by atoms with van der Waals surface area (Å²) in [6.07, 6.45) is 4.96. The van der Waals surface area contributed by atoms with Gasteiger partial charge in [-0.05, 0) is 30.7 Å². The SMILES string of the molecule is CCOC(=O)Cc1cn(C[C@@](O)(Cn2cncn2)c2ccc(Cl)cc2Cl)c2ccccc12. The van der Waals surface area contributed by atoms with E-state index in [1.165, 1.54) is 12.7 Å². The first-order valence-electron chi connectivity index (χ1n) is 10.1. The first-order valence-corrected chi connectivity index (χ1v) is 10.9. The molecule has 0 unspecified atom stereocenters. The Balaban J connectivity index is 1.78. The second-order valence-corrected chi connectivity index (χ2v) is 8.37. The molecule has 0 aliphatic rings. The van der Waals surface area contributed by atoms with Gasteiger partial charge in [0.1, 0.15) is 18.3 Å². The van der Waals surface area contributed by atoms with Crippen molar-refractivity contribution in [2.45, 2.75) is 32.0 Å². The number of benzene rings is 2. The molecule has 0 saturated heterocycles. The third-order valence-electron chi connectivity index (χ3n) is 5.27. The highest BCUT2D eigenvalue weighted by Crippen LogP contribution is 2.35. The Morgan fingerprint density at radius 2 is 2.00 bits per heavy atom. The van der Waals surface area contributed by atoms with Crippen molar-refractivity contribution in [3.05, 3.63) is 82.5 Å². The summed E-state index contributed by atoms with van der Waals surface area (Å²) >= 11 is 12.6. The molecule has 32 heavy (non-hydrogen) atoms. The molecule has 0 aliphatic carbocycles. The molecular formula is C23H22Cl2N4O3. The summed E-state index contributed by atoms with van der Waals surface area (Å²) in [6, 6.07) is 12.7. The van der Waals surface area contributed by atoms with Gasteiger partial charge in [0.15, 0.2) is 0 Å². The highest BCUT2D eigenvalue weighted by atomic mass is 35.5. The maximum atomic E-state index is 12.1. The van der Waals surface area contributed by atoms with Crippen LogP contribution in [0.25, 0.3) is 10.9 Å². The third kappa shape index (κ3) is 4.65. The van der Waals surface area contributed by atoms with Crippen LogP contribution in [0.2, 0.25) is 10.0 Å². The van der Waals surface area contributed by atoms with E-state index < -0.39 is 5.60 Å². The molecule has 0 radical (unpaired) electrons. The smallest absolute Gasteiger partial charge is 0.310 e. The van der Waals surface area contributed by atoms with Gasteiger partial charge in [0.2, 0.25) is 0 Å². The first-order chi connectivity index (χ1) is 15.4. The van der Waals surface area contributed by atoms with Gasteiger partial charge in [-0.3, -0.25) is 4.79 Å². The largest absolute Gasteiger partial charge is 0.466 e. The molecule has 0 saturated carbocycles. The van der Waals surface area contributed by atoms with E-state index in [1.807, 2.05) is 35.0 Å². The van der Waals surface area contributed by atoms with Crippen LogP contribution in [0.3, 0.4) is 0 Å². The van der Waals surface area contributed by atoms with Gasteiger partial charge < -0.3 is 14.4 Å². The van der Waals surface area contributed by atoms with Crippen LogP contribution in [0, 0.1) is 0 Å². The molecule has 0 aliphatic heterocycles. The highest BCUT2D eigenvalue weighted by Gasteiger charge is 2.34. The van der Waals surface area contributed by atoms with Crippen LogP contribution in [0.1, 0.15) is 18.1 Å². The Labute approximate surface area is 195 Å². The van der Waals surface area contributed by atoms with Crippen molar-refractivity contribution >= 4 is 40.1 Å². The molecule has 2 aromatic carbocycles. The molecule has 1 atom stereocenters. The lowest BCUT2D eigenvalue weighted by Gasteiger charge is -2.30. The van der Waals surface area contributed by atoms with Gasteiger partial charge in [0.05, 0.1) is 26.1 Å². The van der Waals surface area contributed by atoms with Crippen molar-refractivity contribution in [2.75, 3.05) is 6.61 Å². The summed E-state index contributed by atoms with van der Waals surface area (Å²) in [5.41, 5.74) is 0.792. The molecule has 0 spiro atoms. The lowest BCUT2D eigenvalue weighted by molar-refractivity contribution is -0.142. The monoisotopic (exact) mass is 472 g/mol. The number of fused-ring (bicyclic) bond motifs is 1. The van der Waals surface area contributed by atoms with E-state index in [-0.39, 0.29) is 25.5 Å². The Morgan fingerprint density at radius 1 is 1.19 bits per heavy atom. The maximum Gasteiger partial charge on any atom is 0.310 e. The van der Waals surface area contributed by atoms with Crippen LogP contribution in [-0.2, 0) is 34.6 Å². The van der Waals surface area contributed by atoms with E-state index in [0.29, 0.717) is 22.2 Å². The fourth-order valence-electron chi connectivity index (χ4n) is 3.91. The summed E-state index contributed by atoms with van der Waals surface area (Å²) in [4.78, 5) is 16.1. The number of aliphatic hydroxyl groups is 1. The second kappa shape index (κ2) is 9.32. The molecule has 166 valence electrons. The van der Waals surface area contributed by atoms with Gasteiger partial charge in [-0.1, -0.05) is 47.5 Å². The van der Waals surface area contributed by atoms with E-state index in [1.54, 1.807) is 29.8 Å². The van der Waals surface area contributed by atoms with Gasteiger partial charge in [-0.2, -0.15) is 5.10 Å². The summed E-state index contributed by atoms with van der Waals surface area (Å²) < 4.78 is 8.60. The predicted octanol–water partition coefficient (Wildman–Crippen LogP) is 4.23. The van der Waals surface area contributed by atoms with Crippen molar-refractivity contribution in [3.63, 3.8) is 0 Å². The summed E-state index contributed by atoms with van der Waals surface area (Å²) in [6.45, 7) is 2.39. The van der Waals surface area contributed by atoms with Crippen molar-refractivity contribution in [1.82, 2.24) is 19.3 Å². The van der Waals surface area contributed by atoms with Gasteiger partial charge in [0.25, 0.3) is 0 Å². The second-order valence-electron chi connectivity index (χ2n) is 7.53. The fraction of sp³-hybridized carbons (Fsp3) is 0.261. The Bertz CT molecular complexity index is 1240. The minimum Gasteiger partial charge on any atom is -0.466 e. The van der Waals surface area contributed by atoms with E-state index in [0.717, 1.165) is 16.5 Å². The zero-order valence-corrected chi connectivity index (χ0v) is 18.9. The van der Waals surface area contributed by atoms with E-state index >= 15 is 0 Å². The average molecular weight is 473 g/mol. The predicted molar refractivity (Wildman–Crippen MR) is 123 cm³/mol. The zero-order valence-electron chi connectivity index (χ0n) is 17.4. The molecule has 4 aromatic rings. The van der Waals surface area contributed by atoms with E-state index in [9.17, 15) is 9.90 Å². The highest BCUT2D eigenvalue weighted by molar-refractivity contribution is 6.35. The van der Waals surface area contributed by atoms with Crippen LogP contribution < -0.4 is 0 Å². The third-order valence-corrected chi connectivity index (χ3v) is 5.81. The van der Waals surface area contributed by atoms with Crippen LogP contribution in [-0.4, -0.2) is 37.0 Å². The van der Waals surface area contributed by atoms with Gasteiger partial charge in [-0.15, -0.1) is 0 Å². The van der Waals surface area contributed by atoms with E-state index in [2.05, 4.69) is 10.1 Å². The van der Waals surface area contributed by atoms with E-state index in [4.69, 9.17) is 27.9 Å². The van der Waals surface area contributed by atoms with Crippen LogP contribution in [0.5, 0.6) is 0 Å². The van der Waals surface area contributed by atoms with Crippen molar-refractivity contribution in [2.24, 2.45) is 0 Å². The Morgan fingerprint density at radius 3 is 2.72 bits per heavy atom. The topological polar surface area (TPSA) is 82.2 Å². The number of carbonyl (C=O) groups is 1. The molecule has 0 fully saturated rings. The van der Waals surface area contributed by atoms with Crippen molar-refractivity contribution < 1.29 is 14.6 Å². The molecule has 0 bridgehead atoms. The number of para-hydroxylation sites is 1. The van der Waals surface area contributed by atoms with Crippen LogP contribution in [0.15, 0.2) is 61.3 Å². The summed E-state index contributed by atoms with van der Waals surface area (Å²) in [5.74, 6) is -0.297. The summed E-state index contributed by atoms with van der Waals surface area (Å²) in [5, 5.41) is 17.8. The molecule has 0 amide bonds. The number of ether oxygens (including phenoxy) is 1. The molecule has 7 nitrogen and oxygen atoms in total. The molecule has 2 aromatic heterocycles. The van der Waals surface area contributed by atoms with Gasteiger partial charge >= 0.3 is 5.97 Å². The number of rotatable bonds is 8. The zero-order chi connectivity index (χ0) is 22.7. The number of hydrogen-bond acceptors (Lipinski definition) is 5. The quantitative estimate of drug-likeness (QED) is 0.388. The number of aromatic nitrogens is 4. The summed E-state index contributed by atoms with van der Waals surface area (Å²) in [7, 11) is 0. The van der Waals surface area contributed by atoms with Gasteiger partial charge in [-0.25, -0.2) is 9.67 Å². The average Bonchev–Trinajstić information content (AvgIpc) is 3.36. The fourth-order valence-corrected chi connectivity index (χ4v) is 4.50. The number of hydrogen-bond donors (Lipinski definition) is 1. The lowest BCUT2D eigenvalue weighted by atomic mass is 9.93. The molecule has 4 rings (SSSR count). The number of nitrogens with zero attached hydrogens (tertiary/aromatic N) is 4. The number of halogens is 2. The molecular weight excluding hydrogens is 451 g/mol. The standard InChI is InChI=1S/C23H22Cl2N4O3/c1-2-32-22(30)9-16-11-28(21-6-4-3-5-18(16)21)12-23(31,13-29-15-26-14-27-29)19-8-7-17(24)10-20(19)25/h3-8,10-11,14-15,31H,2,9,12-13H2,1H3/t23-/m1/s1. The van der Waals surface area contributed by atoms with Crippen molar-refractivity contribution in [3.8, 4) is 0 Å². The normalized spacial score (nSPS) is 13.2. The minimum absolute atomic E-state index is 0.119. The minimum atomic E-state index is -1.43. The van der Waals surface area contributed by atoms with Gasteiger partial charge in [0, 0.05) is 32.7 Å². The van der Waals surface area contributed by atoms with Crippen molar-refractivity contribution in [1.29, 1.82) is 0 Å². The number of esters is 1. The molecule has 2 heterocycles. The molecule has 9 heteroatoms. The lowest BCUT2D eigenvalue weighted by Crippen LogP contribution is -2.36.